The van der Waals surface area contributed by atoms with Gasteiger partial charge in [0.15, 0.2) is 0 Å². The molecule has 1 aromatic heterocycles. The first kappa shape index (κ1) is 17.7. The van der Waals surface area contributed by atoms with Gasteiger partial charge in [-0.1, -0.05) is 6.07 Å². The third kappa shape index (κ3) is 4.10. The number of amides is 1. The lowest BCUT2D eigenvalue weighted by Gasteiger charge is -2.32. The summed E-state index contributed by atoms with van der Waals surface area (Å²) >= 11 is 3.50. The summed E-state index contributed by atoms with van der Waals surface area (Å²) in [5.41, 5.74) is 1.78. The van der Waals surface area contributed by atoms with Crippen LogP contribution in [-0.4, -0.2) is 28.8 Å². The predicted molar refractivity (Wildman–Crippen MR) is 102 cm³/mol. The molecule has 1 aromatic carbocycles. The molecular formula is C18H21BrN4O2. The molecule has 0 radical (unpaired) electrons. The van der Waals surface area contributed by atoms with Gasteiger partial charge in [0.2, 0.25) is 5.91 Å². The number of carbonyl (C=O) groups excluding carboxylic acids is 1. The third-order valence-corrected chi connectivity index (χ3v) is 5.10. The number of rotatable bonds is 3. The van der Waals surface area contributed by atoms with E-state index in [-0.39, 0.29) is 17.4 Å². The van der Waals surface area contributed by atoms with Crippen LogP contribution in [0.3, 0.4) is 0 Å². The fourth-order valence-electron chi connectivity index (χ4n) is 3.01. The van der Waals surface area contributed by atoms with Gasteiger partial charge in [0, 0.05) is 30.7 Å². The van der Waals surface area contributed by atoms with Crippen LogP contribution in [0.2, 0.25) is 0 Å². The Hall–Kier alpha value is -2.15. The van der Waals surface area contributed by atoms with Crippen LogP contribution in [0.15, 0.2) is 39.6 Å². The van der Waals surface area contributed by atoms with Crippen LogP contribution in [0.1, 0.15) is 18.4 Å². The van der Waals surface area contributed by atoms with Crippen molar-refractivity contribution in [2.24, 2.45) is 13.0 Å². The van der Waals surface area contributed by atoms with Gasteiger partial charge in [-0.2, -0.15) is 5.10 Å². The van der Waals surface area contributed by atoms with Gasteiger partial charge in [-0.25, -0.2) is 4.68 Å². The van der Waals surface area contributed by atoms with E-state index in [1.54, 1.807) is 13.1 Å². The molecule has 1 N–H and O–H groups in total. The summed E-state index contributed by atoms with van der Waals surface area (Å²) in [6, 6.07) is 9.10. The Morgan fingerprint density at radius 1 is 1.32 bits per heavy atom. The first-order chi connectivity index (χ1) is 11.9. The highest BCUT2D eigenvalue weighted by molar-refractivity contribution is 9.10. The van der Waals surface area contributed by atoms with Crippen molar-refractivity contribution in [1.29, 1.82) is 0 Å². The molecule has 1 fully saturated rings. The van der Waals surface area contributed by atoms with Crippen molar-refractivity contribution < 1.29 is 4.79 Å². The number of benzene rings is 1. The summed E-state index contributed by atoms with van der Waals surface area (Å²) in [6.45, 7) is 3.44. The molecule has 0 unspecified atom stereocenters. The molecule has 1 amide bonds. The Bertz CT molecular complexity index is 849. The van der Waals surface area contributed by atoms with Crippen LogP contribution in [0.5, 0.6) is 0 Å². The van der Waals surface area contributed by atoms with Gasteiger partial charge in [-0.3, -0.25) is 9.59 Å². The fraction of sp³-hybridized carbons (Fsp3) is 0.389. The van der Waals surface area contributed by atoms with Crippen LogP contribution in [0, 0.1) is 12.8 Å². The molecule has 1 aliphatic heterocycles. The van der Waals surface area contributed by atoms with E-state index in [9.17, 15) is 9.59 Å². The average molecular weight is 405 g/mol. The number of anilines is 2. The normalized spacial score (nSPS) is 17.4. The van der Waals surface area contributed by atoms with Gasteiger partial charge in [0.25, 0.3) is 5.56 Å². The molecule has 0 aliphatic carbocycles. The van der Waals surface area contributed by atoms with E-state index in [1.165, 1.54) is 10.7 Å². The molecule has 7 heteroatoms. The van der Waals surface area contributed by atoms with Crippen LogP contribution in [0.4, 0.5) is 11.5 Å². The summed E-state index contributed by atoms with van der Waals surface area (Å²) in [4.78, 5) is 26.2. The number of hydrogen-bond donors (Lipinski definition) is 1. The van der Waals surface area contributed by atoms with Gasteiger partial charge in [0.1, 0.15) is 5.82 Å². The second kappa shape index (κ2) is 7.39. The first-order valence-corrected chi connectivity index (χ1v) is 9.09. The van der Waals surface area contributed by atoms with E-state index in [0.717, 1.165) is 40.9 Å². The Morgan fingerprint density at radius 3 is 2.84 bits per heavy atom. The minimum atomic E-state index is -0.140. The number of piperidine rings is 1. The summed E-state index contributed by atoms with van der Waals surface area (Å²) in [5, 5.41) is 7.30. The largest absolute Gasteiger partial charge is 0.354 e. The molecule has 2 heterocycles. The third-order valence-electron chi connectivity index (χ3n) is 4.45. The van der Waals surface area contributed by atoms with Crippen molar-refractivity contribution >= 4 is 33.3 Å². The molecule has 132 valence electrons. The second-order valence-electron chi connectivity index (χ2n) is 6.41. The zero-order chi connectivity index (χ0) is 18.0. The molecule has 0 spiro atoms. The van der Waals surface area contributed by atoms with Crippen molar-refractivity contribution in [2.45, 2.75) is 19.8 Å². The molecule has 1 saturated heterocycles. The van der Waals surface area contributed by atoms with Crippen molar-refractivity contribution in [2.75, 3.05) is 23.3 Å². The van der Waals surface area contributed by atoms with E-state index in [1.807, 2.05) is 25.1 Å². The quantitative estimate of drug-likeness (QED) is 0.853. The maximum atomic E-state index is 12.7. The number of nitrogens with zero attached hydrogens (tertiary/aromatic N) is 3. The van der Waals surface area contributed by atoms with Crippen molar-refractivity contribution in [1.82, 2.24) is 9.78 Å². The van der Waals surface area contributed by atoms with E-state index in [0.29, 0.717) is 6.54 Å². The first-order valence-electron chi connectivity index (χ1n) is 8.30. The molecule has 25 heavy (non-hydrogen) atoms. The maximum absolute atomic E-state index is 12.7. The van der Waals surface area contributed by atoms with Gasteiger partial charge >= 0.3 is 0 Å². The summed E-state index contributed by atoms with van der Waals surface area (Å²) in [7, 11) is 1.63. The average Bonchev–Trinajstić information content (AvgIpc) is 2.60. The molecule has 1 aliphatic rings. The van der Waals surface area contributed by atoms with Gasteiger partial charge < -0.3 is 10.2 Å². The Kier molecular flexibility index (Phi) is 5.22. The van der Waals surface area contributed by atoms with Crippen LogP contribution in [0.25, 0.3) is 0 Å². The molecular weight excluding hydrogens is 384 g/mol. The van der Waals surface area contributed by atoms with E-state index in [2.05, 4.69) is 31.2 Å². The second-order valence-corrected chi connectivity index (χ2v) is 7.27. The van der Waals surface area contributed by atoms with E-state index >= 15 is 0 Å². The lowest BCUT2D eigenvalue weighted by Crippen LogP contribution is -2.41. The lowest BCUT2D eigenvalue weighted by molar-refractivity contribution is -0.120. The van der Waals surface area contributed by atoms with E-state index < -0.39 is 0 Å². The lowest BCUT2D eigenvalue weighted by atomic mass is 9.97. The molecule has 3 rings (SSSR count). The minimum absolute atomic E-state index is 0.0130. The van der Waals surface area contributed by atoms with Gasteiger partial charge in [0.05, 0.1) is 11.6 Å². The standard InChI is InChI=1S/C18H21BrN4O2/c1-12-5-6-15(14(19)10-12)20-18(25)13-4-3-9-23(11-13)16-7-8-17(24)22(2)21-16/h5-8,10,13H,3-4,9,11H2,1-2H3,(H,20,25)/t13-/m1/s1. The maximum Gasteiger partial charge on any atom is 0.266 e. The highest BCUT2D eigenvalue weighted by atomic mass is 79.9. The van der Waals surface area contributed by atoms with E-state index in [4.69, 9.17) is 0 Å². The van der Waals surface area contributed by atoms with Gasteiger partial charge in [-0.05, 0) is 59.5 Å². The van der Waals surface area contributed by atoms with Crippen LogP contribution in [-0.2, 0) is 11.8 Å². The zero-order valence-corrected chi connectivity index (χ0v) is 15.9. The molecule has 0 saturated carbocycles. The highest BCUT2D eigenvalue weighted by Crippen LogP contribution is 2.26. The molecule has 0 bridgehead atoms. The Balaban J connectivity index is 1.71. The fourth-order valence-corrected chi connectivity index (χ4v) is 3.61. The summed E-state index contributed by atoms with van der Waals surface area (Å²) in [6.07, 6.45) is 1.76. The topological polar surface area (TPSA) is 67.2 Å². The number of hydrogen-bond acceptors (Lipinski definition) is 4. The minimum Gasteiger partial charge on any atom is -0.354 e. The predicted octanol–water partition coefficient (Wildman–Crippen LogP) is 2.71. The van der Waals surface area contributed by atoms with Crippen molar-refractivity contribution in [3.8, 4) is 0 Å². The van der Waals surface area contributed by atoms with Crippen LogP contribution < -0.4 is 15.8 Å². The number of aryl methyl sites for hydroxylation is 2. The number of halogens is 1. The number of nitrogens with one attached hydrogen (secondary N) is 1. The number of carbonyl (C=O) groups is 1. The Morgan fingerprint density at radius 2 is 2.12 bits per heavy atom. The van der Waals surface area contributed by atoms with Gasteiger partial charge in [-0.15, -0.1) is 0 Å². The monoisotopic (exact) mass is 404 g/mol. The smallest absolute Gasteiger partial charge is 0.266 e. The Labute approximate surface area is 155 Å². The highest BCUT2D eigenvalue weighted by Gasteiger charge is 2.27. The number of aromatic nitrogens is 2. The van der Waals surface area contributed by atoms with Crippen molar-refractivity contribution in [3.05, 3.63) is 50.7 Å². The summed E-state index contributed by atoms with van der Waals surface area (Å²) in [5.74, 6) is 0.635. The molecule has 2 aromatic rings. The van der Waals surface area contributed by atoms with Crippen LogP contribution >= 0.6 is 15.9 Å². The molecule has 6 nitrogen and oxygen atoms in total. The zero-order valence-electron chi connectivity index (χ0n) is 14.3. The molecule has 1 atom stereocenters. The summed E-state index contributed by atoms with van der Waals surface area (Å²) < 4.78 is 2.20. The van der Waals surface area contributed by atoms with Crippen molar-refractivity contribution in [3.63, 3.8) is 0 Å². The SMILES string of the molecule is Cc1ccc(NC(=O)[C@@H]2CCCN(c3ccc(=O)n(C)n3)C2)c(Br)c1.